The number of carbonyl (C=O) groups excluding carboxylic acids is 1. The van der Waals surface area contributed by atoms with E-state index >= 15 is 0 Å². The number of nitrogens with zero attached hydrogens (tertiary/aromatic N) is 1. The van der Waals surface area contributed by atoms with Crippen LogP contribution in [-0.2, 0) is 4.79 Å². The van der Waals surface area contributed by atoms with Crippen LogP contribution >= 0.6 is 11.6 Å². The second-order valence-corrected chi connectivity index (χ2v) is 4.92. The average Bonchev–Trinajstić information content (AvgIpc) is 2.54. The molecule has 1 aromatic heterocycles. The Bertz CT molecular complexity index is 649. The molecule has 116 valence electrons. The molecule has 0 aliphatic rings. The molecular formula is C16H17ClN2O3. The summed E-state index contributed by atoms with van der Waals surface area (Å²) in [5.74, 6) is 0.731. The third-order valence-electron chi connectivity index (χ3n) is 3.03. The van der Waals surface area contributed by atoms with Gasteiger partial charge < -0.3 is 14.8 Å². The van der Waals surface area contributed by atoms with Crippen LogP contribution in [0.5, 0.6) is 11.5 Å². The van der Waals surface area contributed by atoms with Gasteiger partial charge in [-0.25, -0.2) is 0 Å². The highest BCUT2D eigenvalue weighted by Gasteiger charge is 2.20. The molecule has 0 radical (unpaired) electrons. The summed E-state index contributed by atoms with van der Waals surface area (Å²) in [5, 5.41) is 3.22. The molecule has 1 heterocycles. The van der Waals surface area contributed by atoms with Crippen LogP contribution < -0.4 is 14.8 Å². The van der Waals surface area contributed by atoms with Crippen molar-refractivity contribution < 1.29 is 14.3 Å². The lowest BCUT2D eigenvalue weighted by Gasteiger charge is -2.18. The lowest BCUT2D eigenvalue weighted by molar-refractivity contribution is -0.122. The molecule has 22 heavy (non-hydrogen) atoms. The largest absolute Gasteiger partial charge is 0.494 e. The van der Waals surface area contributed by atoms with E-state index in [0.29, 0.717) is 28.6 Å². The Hall–Kier alpha value is -2.27. The van der Waals surface area contributed by atoms with E-state index in [1.165, 1.54) is 13.3 Å². The van der Waals surface area contributed by atoms with Gasteiger partial charge in [0.1, 0.15) is 17.2 Å². The number of aromatic nitrogens is 1. The topological polar surface area (TPSA) is 60.5 Å². The van der Waals surface area contributed by atoms with Crippen molar-refractivity contribution in [3.63, 3.8) is 0 Å². The van der Waals surface area contributed by atoms with Gasteiger partial charge in [-0.1, -0.05) is 30.7 Å². The van der Waals surface area contributed by atoms with Crippen molar-refractivity contribution in [2.75, 3.05) is 12.4 Å². The van der Waals surface area contributed by atoms with Crippen molar-refractivity contribution in [3.05, 3.63) is 47.7 Å². The van der Waals surface area contributed by atoms with Crippen molar-refractivity contribution in [1.82, 2.24) is 4.98 Å². The van der Waals surface area contributed by atoms with Crippen molar-refractivity contribution in [3.8, 4) is 11.5 Å². The Morgan fingerprint density at radius 2 is 2.09 bits per heavy atom. The lowest BCUT2D eigenvalue weighted by Crippen LogP contribution is -2.32. The molecule has 1 atom stereocenters. The Morgan fingerprint density at radius 3 is 2.77 bits per heavy atom. The molecule has 0 saturated heterocycles. The van der Waals surface area contributed by atoms with Gasteiger partial charge in [-0.15, -0.1) is 0 Å². The Labute approximate surface area is 134 Å². The summed E-state index contributed by atoms with van der Waals surface area (Å²) in [5.41, 5.74) is 0.496. The minimum Gasteiger partial charge on any atom is -0.494 e. The standard InChI is InChI=1S/C16H17ClN2O3/c1-3-13(22-14-7-5-4-6-11(14)17)16(20)19-12-10-18-9-8-15(12)21-2/h4-10,13H,3H2,1-2H3,(H,19,20)/t13-/m0/s1. The number of hydrogen-bond donors (Lipinski definition) is 1. The van der Waals surface area contributed by atoms with E-state index in [2.05, 4.69) is 10.3 Å². The molecule has 0 bridgehead atoms. The molecule has 2 rings (SSSR count). The van der Waals surface area contributed by atoms with Gasteiger partial charge in [0.05, 0.1) is 18.3 Å². The van der Waals surface area contributed by atoms with E-state index in [0.717, 1.165) is 0 Å². The smallest absolute Gasteiger partial charge is 0.265 e. The monoisotopic (exact) mass is 320 g/mol. The summed E-state index contributed by atoms with van der Waals surface area (Å²) in [6, 6.07) is 8.72. The fourth-order valence-electron chi connectivity index (χ4n) is 1.88. The predicted molar refractivity (Wildman–Crippen MR) is 85.6 cm³/mol. The van der Waals surface area contributed by atoms with Crippen LogP contribution in [0.1, 0.15) is 13.3 Å². The molecule has 1 N–H and O–H groups in total. The summed E-state index contributed by atoms with van der Waals surface area (Å²) in [7, 11) is 1.53. The molecule has 0 fully saturated rings. The molecule has 0 aliphatic heterocycles. The van der Waals surface area contributed by atoms with Crippen molar-refractivity contribution in [2.45, 2.75) is 19.4 Å². The first-order valence-electron chi connectivity index (χ1n) is 6.85. The number of halogens is 1. The number of carbonyl (C=O) groups is 1. The summed E-state index contributed by atoms with van der Waals surface area (Å²) < 4.78 is 10.9. The van der Waals surface area contributed by atoms with Crippen molar-refractivity contribution in [1.29, 1.82) is 0 Å². The molecule has 0 spiro atoms. The summed E-state index contributed by atoms with van der Waals surface area (Å²) in [6.07, 6.45) is 2.95. The molecule has 6 heteroatoms. The maximum Gasteiger partial charge on any atom is 0.265 e. The summed E-state index contributed by atoms with van der Waals surface area (Å²) in [4.78, 5) is 16.3. The first-order valence-corrected chi connectivity index (χ1v) is 7.23. The Balaban J connectivity index is 2.11. The van der Waals surface area contributed by atoms with E-state index in [1.807, 2.05) is 6.92 Å². The van der Waals surface area contributed by atoms with Gasteiger partial charge >= 0.3 is 0 Å². The number of rotatable bonds is 6. The molecular weight excluding hydrogens is 304 g/mol. The van der Waals surface area contributed by atoms with Gasteiger partial charge in [0.15, 0.2) is 6.10 Å². The van der Waals surface area contributed by atoms with Gasteiger partial charge in [-0.2, -0.15) is 0 Å². The Kier molecular flexibility index (Phi) is 5.61. The number of amides is 1. The van der Waals surface area contributed by atoms with Gasteiger partial charge in [-0.3, -0.25) is 9.78 Å². The minimum absolute atomic E-state index is 0.284. The van der Waals surface area contributed by atoms with Gasteiger partial charge in [-0.05, 0) is 18.6 Å². The second-order valence-electron chi connectivity index (χ2n) is 4.51. The quantitative estimate of drug-likeness (QED) is 0.884. The minimum atomic E-state index is -0.662. The highest BCUT2D eigenvalue weighted by molar-refractivity contribution is 6.32. The zero-order chi connectivity index (χ0) is 15.9. The van der Waals surface area contributed by atoms with E-state index in [-0.39, 0.29) is 5.91 Å². The summed E-state index contributed by atoms with van der Waals surface area (Å²) >= 11 is 6.05. The van der Waals surface area contributed by atoms with Crippen LogP contribution in [0.2, 0.25) is 5.02 Å². The molecule has 2 aromatic rings. The van der Waals surface area contributed by atoms with E-state index in [1.54, 1.807) is 36.5 Å². The fourth-order valence-corrected chi connectivity index (χ4v) is 2.06. The maximum absolute atomic E-state index is 12.4. The van der Waals surface area contributed by atoms with E-state index < -0.39 is 6.10 Å². The summed E-state index contributed by atoms with van der Waals surface area (Å²) in [6.45, 7) is 1.86. The highest BCUT2D eigenvalue weighted by Crippen LogP contribution is 2.26. The third kappa shape index (κ3) is 3.89. The lowest BCUT2D eigenvalue weighted by atomic mass is 10.2. The molecule has 1 amide bonds. The number of pyridine rings is 1. The van der Waals surface area contributed by atoms with Crippen LogP contribution in [0.4, 0.5) is 5.69 Å². The molecule has 0 aliphatic carbocycles. The van der Waals surface area contributed by atoms with Crippen LogP contribution in [0, 0.1) is 0 Å². The Morgan fingerprint density at radius 1 is 1.32 bits per heavy atom. The zero-order valence-corrected chi connectivity index (χ0v) is 13.1. The SMILES string of the molecule is CC[C@H](Oc1ccccc1Cl)C(=O)Nc1cnccc1OC. The highest BCUT2D eigenvalue weighted by atomic mass is 35.5. The molecule has 0 saturated carbocycles. The van der Waals surface area contributed by atoms with Crippen LogP contribution in [-0.4, -0.2) is 24.1 Å². The number of nitrogens with one attached hydrogen (secondary N) is 1. The number of hydrogen-bond acceptors (Lipinski definition) is 4. The van der Waals surface area contributed by atoms with Crippen molar-refractivity contribution >= 4 is 23.2 Å². The van der Waals surface area contributed by atoms with E-state index in [4.69, 9.17) is 21.1 Å². The third-order valence-corrected chi connectivity index (χ3v) is 3.34. The normalized spacial score (nSPS) is 11.6. The maximum atomic E-state index is 12.4. The van der Waals surface area contributed by atoms with Gasteiger partial charge in [0.2, 0.25) is 0 Å². The predicted octanol–water partition coefficient (Wildman–Crippen LogP) is 3.54. The van der Waals surface area contributed by atoms with Crippen molar-refractivity contribution in [2.24, 2.45) is 0 Å². The van der Waals surface area contributed by atoms with E-state index in [9.17, 15) is 4.79 Å². The van der Waals surface area contributed by atoms with Gasteiger partial charge in [0.25, 0.3) is 5.91 Å². The average molecular weight is 321 g/mol. The van der Waals surface area contributed by atoms with Gasteiger partial charge in [0, 0.05) is 12.3 Å². The number of anilines is 1. The number of ether oxygens (including phenoxy) is 2. The first-order chi connectivity index (χ1) is 10.7. The zero-order valence-electron chi connectivity index (χ0n) is 12.4. The van der Waals surface area contributed by atoms with Crippen LogP contribution in [0.3, 0.4) is 0 Å². The second kappa shape index (κ2) is 7.66. The first kappa shape index (κ1) is 16.1. The molecule has 1 aromatic carbocycles. The molecule has 0 unspecified atom stereocenters. The number of benzene rings is 1. The number of para-hydroxylation sites is 1. The molecule has 5 nitrogen and oxygen atoms in total. The fraction of sp³-hybridized carbons (Fsp3) is 0.250. The van der Waals surface area contributed by atoms with Crippen LogP contribution in [0.25, 0.3) is 0 Å². The van der Waals surface area contributed by atoms with Crippen LogP contribution in [0.15, 0.2) is 42.7 Å². The number of methoxy groups -OCH3 is 1.